The van der Waals surface area contributed by atoms with Crippen molar-refractivity contribution in [3.63, 3.8) is 0 Å². The highest BCUT2D eigenvalue weighted by molar-refractivity contribution is 5.92. The second-order valence-electron chi connectivity index (χ2n) is 5.56. The third-order valence-corrected chi connectivity index (χ3v) is 4.00. The molecule has 2 rings (SSSR count). The Kier molecular flexibility index (Phi) is 6.71. The normalized spacial score (nSPS) is 11.6. The van der Waals surface area contributed by atoms with Gasteiger partial charge in [-0.15, -0.1) is 0 Å². The van der Waals surface area contributed by atoms with Crippen molar-refractivity contribution >= 4 is 11.9 Å². The van der Waals surface area contributed by atoms with Crippen LogP contribution in [0.4, 0.5) is 0 Å². The largest absolute Gasteiger partial charge is 0.444 e. The Bertz CT molecular complexity index is 693. The fourth-order valence-corrected chi connectivity index (χ4v) is 2.51. The van der Waals surface area contributed by atoms with Crippen molar-refractivity contribution in [1.29, 1.82) is 0 Å². The average Bonchev–Trinajstić information content (AvgIpc) is 2.67. The van der Waals surface area contributed by atoms with Crippen LogP contribution in [0.15, 0.2) is 54.6 Å². The van der Waals surface area contributed by atoms with Gasteiger partial charge in [0, 0.05) is 18.7 Å². The van der Waals surface area contributed by atoms with Crippen LogP contribution >= 0.6 is 0 Å². The van der Waals surface area contributed by atoms with Crippen LogP contribution in [0.25, 0.3) is 0 Å². The first-order valence-corrected chi connectivity index (χ1v) is 8.35. The van der Waals surface area contributed by atoms with E-state index >= 15 is 0 Å². The Balaban J connectivity index is 2.26. The molecule has 0 aliphatic carbocycles. The molecule has 5 nitrogen and oxygen atoms in total. The lowest BCUT2D eigenvalue weighted by Gasteiger charge is -2.25. The molecule has 25 heavy (non-hydrogen) atoms. The number of aliphatic hydroxyl groups is 1. The number of amides is 1. The second kappa shape index (κ2) is 8.99. The molecule has 2 aromatic carbocycles. The molecule has 1 N–H and O–H groups in total. The molecule has 5 heteroatoms. The first kappa shape index (κ1) is 18.7. The maximum absolute atomic E-state index is 12.8. The summed E-state index contributed by atoms with van der Waals surface area (Å²) in [6, 6.07) is 15.5. The van der Waals surface area contributed by atoms with E-state index in [1.807, 2.05) is 32.0 Å². The van der Waals surface area contributed by atoms with Crippen molar-refractivity contribution in [2.24, 2.45) is 0 Å². The SMILES string of the molecule is CCN(CC)C(=O)[C@@H](OC(=O)c1ccc(CO)cc1)c1ccccc1. The van der Waals surface area contributed by atoms with Crippen LogP contribution in [-0.2, 0) is 16.1 Å². The highest BCUT2D eigenvalue weighted by Crippen LogP contribution is 2.22. The molecule has 132 valence electrons. The van der Waals surface area contributed by atoms with E-state index in [2.05, 4.69) is 0 Å². The summed E-state index contributed by atoms with van der Waals surface area (Å²) in [6.07, 6.45) is -0.980. The van der Waals surface area contributed by atoms with Gasteiger partial charge < -0.3 is 14.7 Å². The van der Waals surface area contributed by atoms with Crippen LogP contribution < -0.4 is 0 Å². The quantitative estimate of drug-likeness (QED) is 0.786. The van der Waals surface area contributed by atoms with Gasteiger partial charge in [0.05, 0.1) is 12.2 Å². The number of hydrogen-bond acceptors (Lipinski definition) is 4. The maximum Gasteiger partial charge on any atom is 0.339 e. The molecule has 0 aromatic heterocycles. The first-order valence-electron chi connectivity index (χ1n) is 8.35. The van der Waals surface area contributed by atoms with Gasteiger partial charge in [-0.1, -0.05) is 42.5 Å². The van der Waals surface area contributed by atoms with E-state index in [-0.39, 0.29) is 12.5 Å². The number of hydrogen-bond donors (Lipinski definition) is 1. The summed E-state index contributed by atoms with van der Waals surface area (Å²) in [7, 11) is 0. The average molecular weight is 341 g/mol. The molecule has 0 saturated heterocycles. The zero-order chi connectivity index (χ0) is 18.2. The Hall–Kier alpha value is -2.66. The Labute approximate surface area is 147 Å². The van der Waals surface area contributed by atoms with E-state index < -0.39 is 12.1 Å². The molecule has 0 saturated carbocycles. The van der Waals surface area contributed by atoms with Crippen molar-refractivity contribution in [3.8, 4) is 0 Å². The van der Waals surface area contributed by atoms with Gasteiger partial charge in [-0.05, 0) is 31.5 Å². The molecule has 1 amide bonds. The van der Waals surface area contributed by atoms with Crippen molar-refractivity contribution in [2.75, 3.05) is 13.1 Å². The van der Waals surface area contributed by atoms with Crippen LogP contribution in [0.5, 0.6) is 0 Å². The second-order valence-corrected chi connectivity index (χ2v) is 5.56. The Morgan fingerprint density at radius 3 is 2.12 bits per heavy atom. The lowest BCUT2D eigenvalue weighted by atomic mass is 10.1. The number of nitrogens with zero attached hydrogens (tertiary/aromatic N) is 1. The van der Waals surface area contributed by atoms with Crippen LogP contribution in [-0.4, -0.2) is 35.0 Å². The van der Waals surface area contributed by atoms with Gasteiger partial charge in [-0.3, -0.25) is 4.79 Å². The molecular weight excluding hydrogens is 318 g/mol. The molecule has 2 aromatic rings. The lowest BCUT2D eigenvalue weighted by molar-refractivity contribution is -0.140. The molecule has 0 bridgehead atoms. The fourth-order valence-electron chi connectivity index (χ4n) is 2.51. The van der Waals surface area contributed by atoms with E-state index in [0.29, 0.717) is 29.8 Å². The molecule has 0 unspecified atom stereocenters. The number of rotatable bonds is 7. The topological polar surface area (TPSA) is 66.8 Å². The predicted octanol–water partition coefficient (Wildman–Crippen LogP) is 2.95. The van der Waals surface area contributed by atoms with Gasteiger partial charge in [-0.25, -0.2) is 4.79 Å². The first-order chi connectivity index (χ1) is 12.1. The molecule has 0 radical (unpaired) electrons. The van der Waals surface area contributed by atoms with Crippen LogP contribution in [0.3, 0.4) is 0 Å². The standard InChI is InChI=1S/C20H23NO4/c1-3-21(4-2)19(23)18(16-8-6-5-7-9-16)25-20(24)17-12-10-15(14-22)11-13-17/h5-13,18,22H,3-4,14H2,1-2H3/t18-/m0/s1. The summed E-state index contributed by atoms with van der Waals surface area (Å²) in [5, 5.41) is 9.08. The van der Waals surface area contributed by atoms with E-state index in [1.54, 1.807) is 41.3 Å². The van der Waals surface area contributed by atoms with Gasteiger partial charge in [0.1, 0.15) is 0 Å². The van der Waals surface area contributed by atoms with Crippen molar-refractivity contribution < 1.29 is 19.4 Å². The number of aliphatic hydroxyl groups excluding tert-OH is 1. The number of carbonyl (C=O) groups excluding carboxylic acids is 2. The third kappa shape index (κ3) is 4.67. The van der Waals surface area contributed by atoms with Crippen molar-refractivity contribution in [1.82, 2.24) is 4.90 Å². The lowest BCUT2D eigenvalue weighted by Crippen LogP contribution is -2.36. The third-order valence-electron chi connectivity index (χ3n) is 4.00. The zero-order valence-corrected chi connectivity index (χ0v) is 14.5. The van der Waals surface area contributed by atoms with Crippen LogP contribution in [0.1, 0.15) is 41.4 Å². The number of benzene rings is 2. The minimum atomic E-state index is -0.980. The van der Waals surface area contributed by atoms with Crippen molar-refractivity contribution in [3.05, 3.63) is 71.3 Å². The summed E-state index contributed by atoms with van der Waals surface area (Å²) in [5.74, 6) is -0.810. The number of carbonyl (C=O) groups is 2. The monoisotopic (exact) mass is 341 g/mol. The van der Waals surface area contributed by atoms with Crippen LogP contribution in [0, 0.1) is 0 Å². The van der Waals surface area contributed by atoms with Gasteiger partial charge in [-0.2, -0.15) is 0 Å². The molecule has 0 aliphatic rings. The Morgan fingerprint density at radius 2 is 1.60 bits per heavy atom. The molecule has 0 spiro atoms. The molecule has 0 fully saturated rings. The smallest absolute Gasteiger partial charge is 0.339 e. The summed E-state index contributed by atoms with van der Waals surface area (Å²) >= 11 is 0. The number of likely N-dealkylation sites (N-methyl/N-ethyl adjacent to an activating group) is 1. The van der Waals surface area contributed by atoms with Gasteiger partial charge in [0.25, 0.3) is 5.91 Å². The minimum absolute atomic E-state index is 0.0948. The summed E-state index contributed by atoms with van der Waals surface area (Å²) in [6.45, 7) is 4.77. The number of esters is 1. The predicted molar refractivity (Wildman–Crippen MR) is 94.9 cm³/mol. The highest BCUT2D eigenvalue weighted by atomic mass is 16.5. The van der Waals surface area contributed by atoms with E-state index in [4.69, 9.17) is 9.84 Å². The summed E-state index contributed by atoms with van der Waals surface area (Å²) in [4.78, 5) is 26.9. The van der Waals surface area contributed by atoms with Gasteiger partial charge >= 0.3 is 5.97 Å². The van der Waals surface area contributed by atoms with E-state index in [0.717, 1.165) is 0 Å². The highest BCUT2D eigenvalue weighted by Gasteiger charge is 2.28. The molecule has 0 heterocycles. The van der Waals surface area contributed by atoms with E-state index in [9.17, 15) is 9.59 Å². The summed E-state index contributed by atoms with van der Waals surface area (Å²) in [5.41, 5.74) is 1.68. The van der Waals surface area contributed by atoms with Crippen molar-refractivity contribution in [2.45, 2.75) is 26.6 Å². The van der Waals surface area contributed by atoms with Gasteiger partial charge in [0.2, 0.25) is 6.10 Å². The van der Waals surface area contributed by atoms with Gasteiger partial charge in [0.15, 0.2) is 0 Å². The molecule has 1 atom stereocenters. The summed E-state index contributed by atoms with van der Waals surface area (Å²) < 4.78 is 5.55. The fraction of sp³-hybridized carbons (Fsp3) is 0.300. The molecule has 0 aliphatic heterocycles. The number of ether oxygens (including phenoxy) is 1. The van der Waals surface area contributed by atoms with E-state index in [1.165, 1.54) is 0 Å². The minimum Gasteiger partial charge on any atom is -0.444 e. The van der Waals surface area contributed by atoms with Crippen LogP contribution in [0.2, 0.25) is 0 Å². The Morgan fingerprint density at radius 1 is 1.00 bits per heavy atom. The zero-order valence-electron chi connectivity index (χ0n) is 14.5. The molecular formula is C20H23NO4. The maximum atomic E-state index is 12.8.